The summed E-state index contributed by atoms with van der Waals surface area (Å²) in [5.41, 5.74) is 3.09. The van der Waals surface area contributed by atoms with Crippen LogP contribution in [-0.2, 0) is 27.5 Å². The Morgan fingerprint density at radius 2 is 1.43 bits per heavy atom. The van der Waals surface area contributed by atoms with E-state index in [4.69, 9.17) is 18.9 Å². The number of carbonyl (C=O) groups is 2. The molecule has 47 heavy (non-hydrogen) atoms. The highest BCUT2D eigenvalue weighted by Crippen LogP contribution is 2.42. The number of hydrogen-bond donors (Lipinski definition) is 1. The molecule has 2 aliphatic heterocycles. The fraction of sp³-hybridized carbons (Fsp3) is 0.263. The van der Waals surface area contributed by atoms with Gasteiger partial charge in [-0.1, -0.05) is 66.7 Å². The van der Waals surface area contributed by atoms with Crippen LogP contribution in [0.25, 0.3) is 5.76 Å². The summed E-state index contributed by atoms with van der Waals surface area (Å²) in [5, 5.41) is 11.6. The van der Waals surface area contributed by atoms with Crippen LogP contribution in [0, 0.1) is 0 Å². The Kier molecular flexibility index (Phi) is 10.2. The summed E-state index contributed by atoms with van der Waals surface area (Å²) in [5.74, 6) is -0.0456. The Morgan fingerprint density at radius 1 is 0.787 bits per heavy atom. The van der Waals surface area contributed by atoms with Crippen LogP contribution in [0.4, 0.5) is 0 Å². The molecule has 0 saturated carbocycles. The molecule has 1 N–H and O–H groups in total. The lowest BCUT2D eigenvalue weighted by molar-refractivity contribution is -0.140. The molecule has 2 aliphatic rings. The van der Waals surface area contributed by atoms with Crippen molar-refractivity contribution in [1.29, 1.82) is 0 Å². The number of Topliss-reactive ketones (excluding diaryl/α,β-unsaturated/α-hetero) is 1. The van der Waals surface area contributed by atoms with Gasteiger partial charge in [0.2, 0.25) is 0 Å². The predicted molar refractivity (Wildman–Crippen MR) is 177 cm³/mol. The van der Waals surface area contributed by atoms with Gasteiger partial charge in [0.05, 0.1) is 31.9 Å². The van der Waals surface area contributed by atoms with Crippen LogP contribution in [0.3, 0.4) is 0 Å². The zero-order valence-electron chi connectivity index (χ0n) is 26.3. The van der Waals surface area contributed by atoms with E-state index in [2.05, 4.69) is 4.90 Å². The van der Waals surface area contributed by atoms with E-state index in [1.165, 1.54) is 0 Å². The van der Waals surface area contributed by atoms with Crippen molar-refractivity contribution in [3.8, 4) is 17.2 Å². The first-order valence-corrected chi connectivity index (χ1v) is 15.7. The van der Waals surface area contributed by atoms with Crippen molar-refractivity contribution >= 4 is 17.4 Å². The number of carbonyl (C=O) groups excluding carboxylic acids is 2. The van der Waals surface area contributed by atoms with Gasteiger partial charge < -0.3 is 29.0 Å². The van der Waals surface area contributed by atoms with E-state index in [0.29, 0.717) is 67.9 Å². The molecule has 9 heteroatoms. The van der Waals surface area contributed by atoms with Gasteiger partial charge in [-0.2, -0.15) is 0 Å². The number of aliphatic hydroxyl groups excluding tert-OH is 1. The topological polar surface area (TPSA) is 97.8 Å². The number of ether oxygens (including phenoxy) is 4. The van der Waals surface area contributed by atoms with E-state index in [0.717, 1.165) is 24.2 Å². The molecule has 4 aromatic carbocycles. The molecular formula is C38H38N2O7. The van der Waals surface area contributed by atoms with Crippen molar-refractivity contribution in [2.24, 2.45) is 0 Å². The minimum Gasteiger partial charge on any atom is -0.507 e. The van der Waals surface area contributed by atoms with Crippen LogP contribution in [0.5, 0.6) is 17.2 Å². The van der Waals surface area contributed by atoms with Crippen molar-refractivity contribution in [2.75, 3.05) is 46.5 Å². The number of nitrogens with zero attached hydrogens (tertiary/aromatic N) is 2. The minimum atomic E-state index is -0.831. The van der Waals surface area contributed by atoms with E-state index in [-0.39, 0.29) is 11.3 Å². The molecule has 4 aromatic rings. The first-order chi connectivity index (χ1) is 23.0. The molecule has 1 atom stereocenters. The molecule has 2 heterocycles. The SMILES string of the molecule is COc1cc(C2/C(=C(\O)c3ccc(OCc4ccccc4)cc3)C(=O)C(=O)N2CCN2CCOCC2)ccc1OCc1ccccc1. The largest absolute Gasteiger partial charge is 0.507 e. The molecule has 0 radical (unpaired) electrons. The van der Waals surface area contributed by atoms with Gasteiger partial charge in [0.15, 0.2) is 11.5 Å². The molecule has 2 saturated heterocycles. The maximum absolute atomic E-state index is 13.6. The van der Waals surface area contributed by atoms with Crippen LogP contribution in [-0.4, -0.2) is 73.1 Å². The molecule has 0 aromatic heterocycles. The van der Waals surface area contributed by atoms with Crippen molar-refractivity contribution in [2.45, 2.75) is 19.3 Å². The average Bonchev–Trinajstić information content (AvgIpc) is 3.38. The lowest BCUT2D eigenvalue weighted by Crippen LogP contribution is -2.42. The molecule has 9 nitrogen and oxygen atoms in total. The van der Waals surface area contributed by atoms with E-state index in [1.54, 1.807) is 48.4 Å². The number of methoxy groups -OCH3 is 1. The highest BCUT2D eigenvalue weighted by atomic mass is 16.5. The number of hydrogen-bond acceptors (Lipinski definition) is 8. The summed E-state index contributed by atoms with van der Waals surface area (Å²) in [4.78, 5) is 31.0. The Morgan fingerprint density at radius 3 is 2.06 bits per heavy atom. The van der Waals surface area contributed by atoms with Crippen LogP contribution in [0.15, 0.2) is 109 Å². The number of ketones is 1. The standard InChI is InChI=1S/C38H38N2O7/c1-44-33-24-30(14-17-32(33)47-26-28-10-6-3-7-11-28)35-34(37(42)38(43)40(35)19-18-39-20-22-45-23-21-39)36(41)29-12-15-31(16-13-29)46-25-27-8-4-2-5-9-27/h2-17,24,35,41H,18-23,25-26H2,1H3/b36-34+. The van der Waals surface area contributed by atoms with Gasteiger partial charge in [-0.05, 0) is 53.1 Å². The molecule has 0 spiro atoms. The molecule has 2 fully saturated rings. The number of aliphatic hydroxyl groups is 1. The zero-order chi connectivity index (χ0) is 32.6. The summed E-state index contributed by atoms with van der Waals surface area (Å²) < 4.78 is 23.1. The second-order valence-corrected chi connectivity index (χ2v) is 11.4. The van der Waals surface area contributed by atoms with Gasteiger partial charge in [-0.15, -0.1) is 0 Å². The van der Waals surface area contributed by atoms with Crippen LogP contribution in [0.2, 0.25) is 0 Å². The van der Waals surface area contributed by atoms with Gasteiger partial charge in [0.1, 0.15) is 24.7 Å². The van der Waals surface area contributed by atoms with Gasteiger partial charge in [-0.25, -0.2) is 0 Å². The number of benzene rings is 4. The Labute approximate surface area is 274 Å². The number of rotatable bonds is 12. The van der Waals surface area contributed by atoms with E-state index in [9.17, 15) is 14.7 Å². The average molecular weight is 635 g/mol. The van der Waals surface area contributed by atoms with Crippen molar-refractivity contribution < 1.29 is 33.6 Å². The minimum absolute atomic E-state index is 0.0231. The highest BCUT2D eigenvalue weighted by Gasteiger charge is 2.46. The number of likely N-dealkylation sites (tertiary alicyclic amines) is 1. The second-order valence-electron chi connectivity index (χ2n) is 11.4. The maximum Gasteiger partial charge on any atom is 0.295 e. The van der Waals surface area contributed by atoms with Crippen molar-refractivity contribution in [3.63, 3.8) is 0 Å². The van der Waals surface area contributed by atoms with Gasteiger partial charge in [0, 0.05) is 31.7 Å². The van der Waals surface area contributed by atoms with Gasteiger partial charge in [-0.3, -0.25) is 14.5 Å². The molecule has 242 valence electrons. The van der Waals surface area contributed by atoms with Crippen LogP contribution >= 0.6 is 0 Å². The van der Waals surface area contributed by atoms with Crippen LogP contribution < -0.4 is 14.2 Å². The molecule has 1 amide bonds. The summed E-state index contributed by atoms with van der Waals surface area (Å²) >= 11 is 0. The second kappa shape index (κ2) is 15.0. The molecule has 0 aliphatic carbocycles. The Hall–Kier alpha value is -5.12. The fourth-order valence-corrected chi connectivity index (χ4v) is 5.85. The number of amides is 1. The lowest BCUT2D eigenvalue weighted by atomic mass is 9.95. The first-order valence-electron chi connectivity index (χ1n) is 15.7. The third-order valence-electron chi connectivity index (χ3n) is 8.42. The third kappa shape index (κ3) is 7.48. The summed E-state index contributed by atoms with van der Waals surface area (Å²) in [7, 11) is 1.55. The van der Waals surface area contributed by atoms with Crippen molar-refractivity contribution in [3.05, 3.63) is 131 Å². The predicted octanol–water partition coefficient (Wildman–Crippen LogP) is 5.61. The molecule has 6 rings (SSSR count). The normalized spacial score (nSPS) is 17.9. The van der Waals surface area contributed by atoms with Gasteiger partial charge in [0.25, 0.3) is 11.7 Å². The van der Waals surface area contributed by atoms with Crippen LogP contribution in [0.1, 0.15) is 28.3 Å². The van der Waals surface area contributed by atoms with Crippen molar-refractivity contribution in [1.82, 2.24) is 9.80 Å². The van der Waals surface area contributed by atoms with E-state index >= 15 is 0 Å². The fourth-order valence-electron chi connectivity index (χ4n) is 5.85. The molecule has 1 unspecified atom stereocenters. The van der Waals surface area contributed by atoms with E-state index < -0.39 is 17.7 Å². The monoisotopic (exact) mass is 634 g/mol. The summed E-state index contributed by atoms with van der Waals surface area (Å²) in [6, 6.07) is 31.0. The smallest absolute Gasteiger partial charge is 0.295 e. The lowest BCUT2D eigenvalue weighted by Gasteiger charge is -2.31. The molecule has 0 bridgehead atoms. The Balaban J connectivity index is 1.30. The zero-order valence-corrected chi connectivity index (χ0v) is 26.3. The summed E-state index contributed by atoms with van der Waals surface area (Å²) in [6.07, 6.45) is 0. The quantitative estimate of drug-likeness (QED) is 0.122. The highest BCUT2D eigenvalue weighted by molar-refractivity contribution is 6.46. The Bertz CT molecular complexity index is 1700. The number of morpholine rings is 1. The maximum atomic E-state index is 13.6. The molecular weight excluding hydrogens is 596 g/mol. The third-order valence-corrected chi connectivity index (χ3v) is 8.42. The summed E-state index contributed by atoms with van der Waals surface area (Å²) in [6.45, 7) is 4.34. The van der Waals surface area contributed by atoms with E-state index in [1.807, 2.05) is 66.7 Å². The van der Waals surface area contributed by atoms with Gasteiger partial charge >= 0.3 is 0 Å². The first kappa shape index (κ1) is 31.8.